The smallest absolute Gasteiger partial charge is 0.291 e. The molecule has 6 nitrogen and oxygen atoms in total. The van der Waals surface area contributed by atoms with E-state index < -0.39 is 11.4 Å². The zero-order valence-electron chi connectivity index (χ0n) is 13.3. The zero-order chi connectivity index (χ0) is 17.0. The van der Waals surface area contributed by atoms with Gasteiger partial charge in [-0.1, -0.05) is 6.07 Å². The highest BCUT2D eigenvalue weighted by Crippen LogP contribution is 2.17. The van der Waals surface area contributed by atoms with Crippen LogP contribution in [0.5, 0.6) is 0 Å². The fourth-order valence-corrected chi connectivity index (χ4v) is 2.10. The minimum atomic E-state index is -0.503. The summed E-state index contributed by atoms with van der Waals surface area (Å²) in [5.41, 5.74) is 6.04. The number of benzene rings is 1. The Morgan fingerprint density at radius 2 is 1.92 bits per heavy atom. The zero-order valence-corrected chi connectivity index (χ0v) is 15.7. The van der Waals surface area contributed by atoms with E-state index in [1.165, 1.54) is 0 Å². The van der Waals surface area contributed by atoms with Crippen LogP contribution in [0.2, 0.25) is 0 Å². The molecule has 24 heavy (non-hydrogen) atoms. The van der Waals surface area contributed by atoms with Gasteiger partial charge in [-0.2, -0.15) is 0 Å². The average molecular weight is 417 g/mol. The third kappa shape index (κ3) is 5.36. The van der Waals surface area contributed by atoms with Crippen LogP contribution in [-0.4, -0.2) is 23.9 Å². The highest BCUT2D eigenvalue weighted by Gasteiger charge is 2.19. The number of nitrogens with two attached hydrogens (primary N) is 1. The monoisotopic (exact) mass is 415 g/mol. The molecule has 0 saturated carbocycles. The maximum atomic E-state index is 12.2. The standard InChI is InChI=1S/C16H18BrN3O3.ClH/c1-16(2,9-18)20-14(21)10-4-3-5-11(8-10)19-15(22)12-6-7-13(17)23-12;/h3-8H,9,18H2,1-2H3,(H,19,22)(H,20,21);1H. The molecule has 0 bridgehead atoms. The first kappa shape index (κ1) is 20.2. The van der Waals surface area contributed by atoms with E-state index in [2.05, 4.69) is 26.6 Å². The fraction of sp³-hybridized carbons (Fsp3) is 0.250. The molecule has 0 fully saturated rings. The highest BCUT2D eigenvalue weighted by atomic mass is 79.9. The molecule has 0 aliphatic carbocycles. The lowest BCUT2D eigenvalue weighted by Crippen LogP contribution is -2.48. The van der Waals surface area contributed by atoms with E-state index >= 15 is 0 Å². The van der Waals surface area contributed by atoms with Crippen molar-refractivity contribution in [1.82, 2.24) is 5.32 Å². The first-order valence-corrected chi connectivity index (χ1v) is 7.79. The molecule has 2 aromatic rings. The summed E-state index contributed by atoms with van der Waals surface area (Å²) in [7, 11) is 0. The Bertz CT molecular complexity index is 731. The van der Waals surface area contributed by atoms with Crippen LogP contribution in [-0.2, 0) is 0 Å². The van der Waals surface area contributed by atoms with Crippen molar-refractivity contribution in [3.05, 3.63) is 52.4 Å². The first-order valence-electron chi connectivity index (χ1n) is 7.00. The lowest BCUT2D eigenvalue weighted by Gasteiger charge is -2.24. The number of halogens is 2. The van der Waals surface area contributed by atoms with Crippen molar-refractivity contribution < 1.29 is 14.0 Å². The van der Waals surface area contributed by atoms with E-state index in [9.17, 15) is 9.59 Å². The molecule has 0 aliphatic rings. The number of carbonyl (C=O) groups excluding carboxylic acids is 2. The highest BCUT2D eigenvalue weighted by molar-refractivity contribution is 9.10. The summed E-state index contributed by atoms with van der Waals surface area (Å²) in [6, 6.07) is 9.84. The molecule has 1 aromatic heterocycles. The molecule has 1 aromatic carbocycles. The van der Waals surface area contributed by atoms with Crippen molar-refractivity contribution in [2.24, 2.45) is 5.73 Å². The number of hydrogen-bond acceptors (Lipinski definition) is 4. The number of nitrogens with one attached hydrogen (secondary N) is 2. The topological polar surface area (TPSA) is 97.4 Å². The molecule has 0 unspecified atom stereocenters. The van der Waals surface area contributed by atoms with Crippen LogP contribution in [0.15, 0.2) is 45.5 Å². The van der Waals surface area contributed by atoms with Gasteiger partial charge < -0.3 is 20.8 Å². The predicted octanol–water partition coefficient (Wildman–Crippen LogP) is 3.18. The predicted molar refractivity (Wildman–Crippen MR) is 98.7 cm³/mol. The summed E-state index contributed by atoms with van der Waals surface area (Å²) in [4.78, 5) is 24.3. The molecule has 4 N–H and O–H groups in total. The van der Waals surface area contributed by atoms with E-state index in [-0.39, 0.29) is 24.1 Å². The number of furan rings is 1. The molecule has 0 radical (unpaired) electrons. The van der Waals surface area contributed by atoms with Crippen LogP contribution in [0.1, 0.15) is 34.8 Å². The van der Waals surface area contributed by atoms with Crippen LogP contribution in [0.25, 0.3) is 0 Å². The second-order valence-electron chi connectivity index (χ2n) is 5.68. The summed E-state index contributed by atoms with van der Waals surface area (Å²) in [5.74, 6) is -0.469. The minimum absolute atomic E-state index is 0. The number of hydrogen-bond donors (Lipinski definition) is 3. The molecule has 0 aliphatic heterocycles. The van der Waals surface area contributed by atoms with Gasteiger partial charge in [0.25, 0.3) is 11.8 Å². The Morgan fingerprint density at radius 3 is 2.50 bits per heavy atom. The van der Waals surface area contributed by atoms with E-state index in [0.717, 1.165) is 0 Å². The van der Waals surface area contributed by atoms with Crippen molar-refractivity contribution in [2.75, 3.05) is 11.9 Å². The molecule has 0 atom stereocenters. The van der Waals surface area contributed by atoms with Crippen LogP contribution in [0.3, 0.4) is 0 Å². The molecule has 8 heteroatoms. The molecule has 0 saturated heterocycles. The van der Waals surface area contributed by atoms with Crippen LogP contribution in [0.4, 0.5) is 5.69 Å². The summed E-state index contributed by atoms with van der Waals surface area (Å²) >= 11 is 3.14. The number of carbonyl (C=O) groups is 2. The second kappa shape index (κ2) is 8.32. The second-order valence-corrected chi connectivity index (χ2v) is 6.46. The summed E-state index contributed by atoms with van der Waals surface area (Å²) in [5, 5.41) is 5.52. The minimum Gasteiger partial charge on any atom is -0.444 e. The van der Waals surface area contributed by atoms with Gasteiger partial charge >= 0.3 is 0 Å². The molecule has 130 valence electrons. The van der Waals surface area contributed by atoms with Gasteiger partial charge in [0.2, 0.25) is 0 Å². The molecular formula is C16H19BrClN3O3. The third-order valence-electron chi connectivity index (χ3n) is 3.14. The molecule has 2 rings (SSSR count). The Kier molecular flexibility index (Phi) is 7.01. The van der Waals surface area contributed by atoms with Crippen molar-refractivity contribution in [1.29, 1.82) is 0 Å². The van der Waals surface area contributed by atoms with Gasteiger partial charge in [-0.25, -0.2) is 0 Å². The fourth-order valence-electron chi connectivity index (χ4n) is 1.80. The Morgan fingerprint density at radius 1 is 1.21 bits per heavy atom. The van der Waals surface area contributed by atoms with Gasteiger partial charge in [-0.3, -0.25) is 9.59 Å². The number of anilines is 1. The number of amides is 2. The Hall–Kier alpha value is -1.83. The Balaban J connectivity index is 0.00000288. The van der Waals surface area contributed by atoms with Gasteiger partial charge in [0.05, 0.1) is 0 Å². The van der Waals surface area contributed by atoms with E-state index in [4.69, 9.17) is 10.2 Å². The van der Waals surface area contributed by atoms with Gasteiger partial charge in [0, 0.05) is 23.3 Å². The maximum Gasteiger partial charge on any atom is 0.291 e. The van der Waals surface area contributed by atoms with Gasteiger partial charge in [-0.15, -0.1) is 12.4 Å². The number of rotatable bonds is 5. The first-order chi connectivity index (χ1) is 10.8. The SMILES string of the molecule is CC(C)(CN)NC(=O)c1cccc(NC(=O)c2ccc(Br)o2)c1.Cl. The normalized spacial score (nSPS) is 10.7. The van der Waals surface area contributed by atoms with Crippen LogP contribution in [0, 0.1) is 0 Å². The van der Waals surface area contributed by atoms with Crippen LogP contribution < -0.4 is 16.4 Å². The molecule has 2 amide bonds. The quantitative estimate of drug-likeness (QED) is 0.697. The summed E-state index contributed by atoms with van der Waals surface area (Å²) in [6.45, 7) is 4.00. The maximum absolute atomic E-state index is 12.2. The molecule has 1 heterocycles. The van der Waals surface area contributed by atoms with Crippen molar-refractivity contribution in [3.63, 3.8) is 0 Å². The van der Waals surface area contributed by atoms with E-state index in [0.29, 0.717) is 22.5 Å². The van der Waals surface area contributed by atoms with Crippen molar-refractivity contribution in [2.45, 2.75) is 19.4 Å². The van der Waals surface area contributed by atoms with Crippen molar-refractivity contribution >= 4 is 45.8 Å². The van der Waals surface area contributed by atoms with Gasteiger partial charge in [-0.05, 0) is 60.1 Å². The van der Waals surface area contributed by atoms with Gasteiger partial charge in [0.1, 0.15) is 0 Å². The van der Waals surface area contributed by atoms with Crippen LogP contribution >= 0.6 is 28.3 Å². The van der Waals surface area contributed by atoms with E-state index in [1.54, 1.807) is 36.4 Å². The van der Waals surface area contributed by atoms with E-state index in [1.807, 2.05) is 13.8 Å². The lowest BCUT2D eigenvalue weighted by molar-refractivity contribution is 0.0914. The third-order valence-corrected chi connectivity index (χ3v) is 3.57. The molecule has 0 spiro atoms. The summed E-state index contributed by atoms with van der Waals surface area (Å²) in [6.07, 6.45) is 0. The Labute approximate surface area is 154 Å². The largest absolute Gasteiger partial charge is 0.444 e. The summed E-state index contributed by atoms with van der Waals surface area (Å²) < 4.78 is 5.66. The average Bonchev–Trinajstić information content (AvgIpc) is 2.94. The van der Waals surface area contributed by atoms with Gasteiger partial charge in [0.15, 0.2) is 10.4 Å². The van der Waals surface area contributed by atoms with Crippen molar-refractivity contribution in [3.8, 4) is 0 Å². The lowest BCUT2D eigenvalue weighted by atomic mass is 10.1. The molecular weight excluding hydrogens is 398 g/mol.